The first-order valence-electron chi connectivity index (χ1n) is 5.69. The predicted molar refractivity (Wildman–Crippen MR) is 74.8 cm³/mol. The van der Waals surface area contributed by atoms with E-state index in [1.807, 2.05) is 29.7 Å². The Balaban J connectivity index is 2.08. The molecular formula is C13H13N3O2S. The summed E-state index contributed by atoms with van der Waals surface area (Å²) in [6, 6.07) is 5.96. The van der Waals surface area contributed by atoms with Gasteiger partial charge in [0, 0.05) is 24.6 Å². The molecule has 0 saturated heterocycles. The molecule has 0 atom stereocenters. The van der Waals surface area contributed by atoms with Crippen molar-refractivity contribution in [3.8, 4) is 6.07 Å². The van der Waals surface area contributed by atoms with Crippen LogP contribution < -0.4 is 5.32 Å². The van der Waals surface area contributed by atoms with E-state index in [2.05, 4.69) is 10.3 Å². The van der Waals surface area contributed by atoms with Crippen LogP contribution in [0.3, 0.4) is 0 Å². The zero-order valence-electron chi connectivity index (χ0n) is 10.4. The summed E-state index contributed by atoms with van der Waals surface area (Å²) in [7, 11) is 1.61. The van der Waals surface area contributed by atoms with Crippen molar-refractivity contribution in [1.82, 2.24) is 4.98 Å². The fourth-order valence-electron chi connectivity index (χ4n) is 1.41. The minimum absolute atomic E-state index is 0.252. The van der Waals surface area contributed by atoms with E-state index >= 15 is 0 Å². The highest BCUT2D eigenvalue weighted by molar-refractivity contribution is 7.10. The zero-order chi connectivity index (χ0) is 13.5. The van der Waals surface area contributed by atoms with E-state index in [4.69, 9.17) is 14.4 Å². The predicted octanol–water partition coefficient (Wildman–Crippen LogP) is 2.84. The number of hydrogen-bond donors (Lipinski definition) is 1. The number of nitriles is 1. The van der Waals surface area contributed by atoms with Crippen LogP contribution in [0.15, 0.2) is 21.9 Å². The number of aromatic nitrogens is 1. The molecule has 0 radical (unpaired) electrons. The second kappa shape index (κ2) is 6.73. The molecule has 2 rings (SSSR count). The van der Waals surface area contributed by atoms with Crippen molar-refractivity contribution < 1.29 is 9.15 Å². The molecule has 0 fully saturated rings. The third kappa shape index (κ3) is 3.68. The summed E-state index contributed by atoms with van der Waals surface area (Å²) in [6.45, 7) is 1.10. The number of nitrogens with one attached hydrogen (secondary N) is 1. The maximum absolute atomic E-state index is 8.97. The molecule has 2 heterocycles. The van der Waals surface area contributed by atoms with Crippen molar-refractivity contribution in [2.75, 3.05) is 25.6 Å². The Hall–Kier alpha value is -2.10. The van der Waals surface area contributed by atoms with Crippen LogP contribution in [-0.4, -0.2) is 25.2 Å². The second-order valence-corrected chi connectivity index (χ2v) is 4.59. The normalized spacial score (nSPS) is 10.7. The molecule has 5 nitrogen and oxygen atoms in total. The lowest BCUT2D eigenvalue weighted by molar-refractivity contribution is 0.210. The molecule has 0 aromatic carbocycles. The number of ether oxygens (including phenoxy) is 1. The zero-order valence-corrected chi connectivity index (χ0v) is 11.2. The van der Waals surface area contributed by atoms with Crippen LogP contribution in [0.25, 0.3) is 12.2 Å². The van der Waals surface area contributed by atoms with Gasteiger partial charge in [-0.1, -0.05) is 6.07 Å². The summed E-state index contributed by atoms with van der Waals surface area (Å²) in [5, 5.41) is 13.9. The second-order valence-electron chi connectivity index (χ2n) is 3.61. The molecule has 19 heavy (non-hydrogen) atoms. The maximum atomic E-state index is 8.97. The first kappa shape index (κ1) is 13.3. The summed E-state index contributed by atoms with van der Waals surface area (Å²) >= 11 is 1.62. The Bertz CT molecular complexity index is 582. The minimum atomic E-state index is 0.252. The SMILES string of the molecule is COCCNc1oc(/C=C/c2cccs2)nc1C#N. The fourth-order valence-corrected chi connectivity index (χ4v) is 2.03. The third-order valence-electron chi connectivity index (χ3n) is 2.27. The van der Waals surface area contributed by atoms with Crippen molar-refractivity contribution in [2.45, 2.75) is 0 Å². The lowest BCUT2D eigenvalue weighted by Crippen LogP contribution is -2.07. The Morgan fingerprint density at radius 3 is 3.16 bits per heavy atom. The van der Waals surface area contributed by atoms with Gasteiger partial charge in [0.05, 0.1) is 6.61 Å². The molecule has 0 unspecified atom stereocenters. The molecule has 98 valence electrons. The van der Waals surface area contributed by atoms with Crippen molar-refractivity contribution in [3.05, 3.63) is 34.0 Å². The lowest BCUT2D eigenvalue weighted by Gasteiger charge is -2.00. The molecule has 0 amide bonds. The highest BCUT2D eigenvalue weighted by Gasteiger charge is 2.10. The number of thiophene rings is 1. The van der Waals surface area contributed by atoms with E-state index in [1.54, 1.807) is 24.5 Å². The summed E-state index contributed by atoms with van der Waals surface area (Å²) in [5.74, 6) is 0.787. The Morgan fingerprint density at radius 2 is 2.47 bits per heavy atom. The van der Waals surface area contributed by atoms with Gasteiger partial charge >= 0.3 is 0 Å². The van der Waals surface area contributed by atoms with Crippen LogP contribution in [0.1, 0.15) is 16.5 Å². The Morgan fingerprint density at radius 1 is 1.58 bits per heavy atom. The van der Waals surface area contributed by atoms with E-state index in [-0.39, 0.29) is 5.69 Å². The topological polar surface area (TPSA) is 71.1 Å². The standard InChI is InChI=1S/C13H13N3O2S/c1-17-7-6-15-13-11(9-14)16-12(18-13)5-4-10-3-2-8-19-10/h2-5,8,15H,6-7H2,1H3/b5-4+. The number of anilines is 1. The molecule has 2 aromatic heterocycles. The molecule has 1 N–H and O–H groups in total. The first-order chi connectivity index (χ1) is 9.33. The molecule has 0 aliphatic carbocycles. The minimum Gasteiger partial charge on any atom is -0.420 e. The summed E-state index contributed by atoms with van der Waals surface area (Å²) in [4.78, 5) is 5.20. The van der Waals surface area contributed by atoms with Gasteiger partial charge in [-0.15, -0.1) is 11.3 Å². The summed E-state index contributed by atoms with van der Waals surface area (Å²) in [6.07, 6.45) is 3.64. The monoisotopic (exact) mass is 275 g/mol. The summed E-state index contributed by atoms with van der Waals surface area (Å²) in [5.41, 5.74) is 0.252. The quantitative estimate of drug-likeness (QED) is 0.821. The van der Waals surface area contributed by atoms with E-state index in [1.165, 1.54) is 0 Å². The van der Waals surface area contributed by atoms with Gasteiger partial charge in [-0.25, -0.2) is 0 Å². The molecule has 6 heteroatoms. The van der Waals surface area contributed by atoms with E-state index < -0.39 is 0 Å². The van der Waals surface area contributed by atoms with Gasteiger partial charge in [0.1, 0.15) is 6.07 Å². The smallest absolute Gasteiger partial charge is 0.232 e. The third-order valence-corrected chi connectivity index (χ3v) is 3.11. The van der Waals surface area contributed by atoms with Crippen LogP contribution in [0.5, 0.6) is 0 Å². The van der Waals surface area contributed by atoms with Crippen molar-refractivity contribution in [2.24, 2.45) is 0 Å². The van der Waals surface area contributed by atoms with Crippen LogP contribution >= 0.6 is 11.3 Å². The molecule has 0 bridgehead atoms. The molecule has 0 spiro atoms. The van der Waals surface area contributed by atoms with Crippen LogP contribution in [0.4, 0.5) is 5.88 Å². The number of rotatable bonds is 6. The average Bonchev–Trinajstić information content (AvgIpc) is 3.05. The van der Waals surface area contributed by atoms with Crippen molar-refractivity contribution >= 4 is 29.4 Å². The van der Waals surface area contributed by atoms with E-state index in [0.29, 0.717) is 24.9 Å². The fraction of sp³-hybridized carbons (Fsp3) is 0.231. The van der Waals surface area contributed by atoms with Gasteiger partial charge in [0.15, 0.2) is 0 Å². The highest BCUT2D eigenvalue weighted by atomic mass is 32.1. The lowest BCUT2D eigenvalue weighted by atomic mass is 10.4. The molecule has 2 aromatic rings. The number of methoxy groups -OCH3 is 1. The van der Waals surface area contributed by atoms with Crippen LogP contribution in [0, 0.1) is 11.3 Å². The van der Waals surface area contributed by atoms with Gasteiger partial charge < -0.3 is 14.5 Å². The molecular weight excluding hydrogens is 262 g/mol. The maximum Gasteiger partial charge on any atom is 0.232 e. The molecule has 0 aliphatic heterocycles. The van der Waals surface area contributed by atoms with E-state index in [0.717, 1.165) is 4.88 Å². The van der Waals surface area contributed by atoms with Crippen LogP contribution in [-0.2, 0) is 4.74 Å². The van der Waals surface area contributed by atoms with Gasteiger partial charge in [-0.05, 0) is 17.5 Å². The van der Waals surface area contributed by atoms with Gasteiger partial charge in [0.25, 0.3) is 0 Å². The van der Waals surface area contributed by atoms with Gasteiger partial charge in [-0.2, -0.15) is 10.2 Å². The average molecular weight is 275 g/mol. The van der Waals surface area contributed by atoms with Gasteiger partial charge in [0.2, 0.25) is 17.5 Å². The number of hydrogen-bond acceptors (Lipinski definition) is 6. The Kier molecular flexibility index (Phi) is 4.72. The summed E-state index contributed by atoms with van der Waals surface area (Å²) < 4.78 is 10.4. The number of nitrogens with zero attached hydrogens (tertiary/aromatic N) is 2. The van der Waals surface area contributed by atoms with Crippen molar-refractivity contribution in [1.29, 1.82) is 5.26 Å². The largest absolute Gasteiger partial charge is 0.420 e. The molecule has 0 saturated carbocycles. The first-order valence-corrected chi connectivity index (χ1v) is 6.57. The van der Waals surface area contributed by atoms with Crippen LogP contribution in [0.2, 0.25) is 0 Å². The van der Waals surface area contributed by atoms with E-state index in [9.17, 15) is 0 Å². The Labute approximate surface area is 115 Å². The molecule has 0 aliphatic rings. The van der Waals surface area contributed by atoms with Crippen molar-refractivity contribution in [3.63, 3.8) is 0 Å². The number of oxazole rings is 1. The van der Waals surface area contributed by atoms with Gasteiger partial charge in [-0.3, -0.25) is 0 Å². The highest BCUT2D eigenvalue weighted by Crippen LogP contribution is 2.19.